The van der Waals surface area contributed by atoms with E-state index >= 15 is 0 Å². The van der Waals surface area contributed by atoms with E-state index in [0.717, 1.165) is 12.1 Å². The molecule has 2 rings (SSSR count). The average molecular weight is 324 g/mol. The van der Waals surface area contributed by atoms with E-state index in [2.05, 4.69) is 4.98 Å². The molecular weight excluding hydrogens is 307 g/mol. The highest BCUT2D eigenvalue weighted by Crippen LogP contribution is 2.34. The number of alkyl halides is 3. The van der Waals surface area contributed by atoms with Crippen molar-refractivity contribution in [2.45, 2.75) is 24.7 Å². The van der Waals surface area contributed by atoms with Gasteiger partial charge in [-0.2, -0.15) is 13.2 Å². The molecular formula is C13H17ClF3N3O. The van der Waals surface area contributed by atoms with Gasteiger partial charge in [0.15, 0.2) is 0 Å². The molecule has 1 fully saturated rings. The van der Waals surface area contributed by atoms with Gasteiger partial charge in [0.25, 0.3) is 0 Å². The number of aliphatic hydroxyl groups excluding tert-OH is 1. The first kappa shape index (κ1) is 16.3. The SMILES string of the molecule is CN(C)CC1CC(O)CN1c1cc(C(F)(F)F)cc(Cl)n1. The molecule has 0 aliphatic carbocycles. The number of halogens is 4. The van der Waals surface area contributed by atoms with Gasteiger partial charge in [-0.1, -0.05) is 11.6 Å². The molecule has 8 heteroatoms. The van der Waals surface area contributed by atoms with Crippen LogP contribution in [0.25, 0.3) is 0 Å². The van der Waals surface area contributed by atoms with Crippen LogP contribution in [0.15, 0.2) is 12.1 Å². The maximum Gasteiger partial charge on any atom is 0.416 e. The molecule has 0 spiro atoms. The first-order valence-corrected chi connectivity index (χ1v) is 6.89. The van der Waals surface area contributed by atoms with E-state index < -0.39 is 17.8 Å². The molecule has 1 N–H and O–H groups in total. The van der Waals surface area contributed by atoms with Gasteiger partial charge in [0.05, 0.1) is 11.7 Å². The fourth-order valence-electron chi connectivity index (χ4n) is 2.56. The van der Waals surface area contributed by atoms with E-state index in [1.54, 1.807) is 4.90 Å². The van der Waals surface area contributed by atoms with Crippen molar-refractivity contribution >= 4 is 17.4 Å². The van der Waals surface area contributed by atoms with E-state index in [-0.39, 0.29) is 23.6 Å². The molecule has 21 heavy (non-hydrogen) atoms. The van der Waals surface area contributed by atoms with E-state index in [0.29, 0.717) is 13.0 Å². The molecule has 0 saturated carbocycles. The Morgan fingerprint density at radius 2 is 2.10 bits per heavy atom. The summed E-state index contributed by atoms with van der Waals surface area (Å²) in [6.07, 6.45) is -4.56. The van der Waals surface area contributed by atoms with Gasteiger partial charge >= 0.3 is 6.18 Å². The van der Waals surface area contributed by atoms with Crippen LogP contribution in [-0.4, -0.2) is 54.3 Å². The molecule has 2 heterocycles. The fraction of sp³-hybridized carbons (Fsp3) is 0.615. The maximum atomic E-state index is 12.9. The molecule has 1 saturated heterocycles. The largest absolute Gasteiger partial charge is 0.416 e. The van der Waals surface area contributed by atoms with Gasteiger partial charge in [-0.05, 0) is 32.6 Å². The Balaban J connectivity index is 2.33. The lowest BCUT2D eigenvalue weighted by Gasteiger charge is -2.28. The lowest BCUT2D eigenvalue weighted by Crippen LogP contribution is -2.38. The minimum Gasteiger partial charge on any atom is -0.391 e. The predicted molar refractivity (Wildman–Crippen MR) is 74.6 cm³/mol. The van der Waals surface area contributed by atoms with Crippen molar-refractivity contribution in [1.29, 1.82) is 0 Å². The highest BCUT2D eigenvalue weighted by Gasteiger charge is 2.35. The lowest BCUT2D eigenvalue weighted by molar-refractivity contribution is -0.137. The van der Waals surface area contributed by atoms with Crippen LogP contribution in [-0.2, 0) is 6.18 Å². The molecule has 0 bridgehead atoms. The summed E-state index contributed by atoms with van der Waals surface area (Å²) >= 11 is 5.71. The number of β-amino-alcohol motifs (C(OH)–C–C–N with tert-alkyl or cyclic N) is 1. The summed E-state index contributed by atoms with van der Waals surface area (Å²) < 4.78 is 38.6. The molecule has 2 unspecified atom stereocenters. The van der Waals surface area contributed by atoms with E-state index in [9.17, 15) is 18.3 Å². The summed E-state index contributed by atoms with van der Waals surface area (Å²) in [5.41, 5.74) is -0.831. The number of pyridine rings is 1. The molecule has 1 aliphatic rings. The van der Waals surface area contributed by atoms with Crippen LogP contribution in [0.2, 0.25) is 5.15 Å². The van der Waals surface area contributed by atoms with Crippen LogP contribution >= 0.6 is 11.6 Å². The highest BCUT2D eigenvalue weighted by atomic mass is 35.5. The van der Waals surface area contributed by atoms with Crippen molar-refractivity contribution in [2.75, 3.05) is 32.1 Å². The Morgan fingerprint density at radius 1 is 1.43 bits per heavy atom. The average Bonchev–Trinajstić information content (AvgIpc) is 2.67. The number of anilines is 1. The second-order valence-electron chi connectivity index (χ2n) is 5.49. The standard InChI is InChI=1S/C13H17ClF3N3O/c1-19(2)6-9-5-10(21)7-20(9)12-4-8(13(15,16)17)3-11(14)18-12/h3-4,9-10,21H,5-7H2,1-2H3. The molecule has 1 aromatic heterocycles. The summed E-state index contributed by atoms with van der Waals surface area (Å²) in [6, 6.07) is 1.69. The zero-order chi connectivity index (χ0) is 15.8. The molecule has 1 aromatic rings. The number of hydrogen-bond donors (Lipinski definition) is 1. The van der Waals surface area contributed by atoms with Crippen LogP contribution in [0.3, 0.4) is 0 Å². The van der Waals surface area contributed by atoms with Gasteiger partial charge in [-0.3, -0.25) is 0 Å². The normalized spacial score (nSPS) is 23.1. The summed E-state index contributed by atoms with van der Waals surface area (Å²) in [7, 11) is 3.74. The van der Waals surface area contributed by atoms with Crippen molar-refractivity contribution < 1.29 is 18.3 Å². The Morgan fingerprint density at radius 3 is 2.67 bits per heavy atom. The molecule has 1 aliphatic heterocycles. The molecule has 118 valence electrons. The molecule has 0 radical (unpaired) electrons. The first-order chi connectivity index (χ1) is 9.66. The van der Waals surface area contributed by atoms with Crippen LogP contribution in [0, 0.1) is 0 Å². The molecule has 0 amide bonds. The van der Waals surface area contributed by atoms with Crippen molar-refractivity contribution in [3.8, 4) is 0 Å². The quantitative estimate of drug-likeness (QED) is 0.866. The summed E-state index contributed by atoms with van der Waals surface area (Å²) in [6.45, 7) is 0.871. The second kappa shape index (κ2) is 5.98. The number of nitrogens with zero attached hydrogens (tertiary/aromatic N) is 3. The van der Waals surface area contributed by atoms with Crippen LogP contribution < -0.4 is 4.90 Å². The Bertz CT molecular complexity index is 510. The van der Waals surface area contributed by atoms with E-state index in [1.807, 2.05) is 19.0 Å². The lowest BCUT2D eigenvalue weighted by atomic mass is 10.2. The second-order valence-corrected chi connectivity index (χ2v) is 5.88. The summed E-state index contributed by atoms with van der Waals surface area (Å²) in [5, 5.41) is 9.60. The molecule has 0 aromatic carbocycles. The fourth-order valence-corrected chi connectivity index (χ4v) is 2.77. The third-order valence-corrected chi connectivity index (χ3v) is 3.56. The number of hydrogen-bond acceptors (Lipinski definition) is 4. The van der Waals surface area contributed by atoms with Crippen molar-refractivity contribution in [2.24, 2.45) is 0 Å². The van der Waals surface area contributed by atoms with Gasteiger partial charge in [0.2, 0.25) is 0 Å². The smallest absolute Gasteiger partial charge is 0.391 e. The third-order valence-electron chi connectivity index (χ3n) is 3.37. The van der Waals surface area contributed by atoms with Gasteiger partial charge < -0.3 is 14.9 Å². The molecule has 2 atom stereocenters. The number of likely N-dealkylation sites (N-methyl/N-ethyl adjacent to an activating group) is 1. The van der Waals surface area contributed by atoms with Crippen LogP contribution in [0.4, 0.5) is 19.0 Å². The number of rotatable bonds is 3. The summed E-state index contributed by atoms with van der Waals surface area (Å²) in [5.74, 6) is 0.151. The predicted octanol–water partition coefficient (Wildman–Crippen LogP) is 2.26. The van der Waals surface area contributed by atoms with Crippen molar-refractivity contribution in [3.63, 3.8) is 0 Å². The Kier molecular flexibility index (Phi) is 4.65. The first-order valence-electron chi connectivity index (χ1n) is 6.51. The topological polar surface area (TPSA) is 39.6 Å². The van der Waals surface area contributed by atoms with Crippen molar-refractivity contribution in [3.05, 3.63) is 22.8 Å². The van der Waals surface area contributed by atoms with Crippen LogP contribution in [0.5, 0.6) is 0 Å². The Hall–Kier alpha value is -1.05. The zero-order valence-electron chi connectivity index (χ0n) is 11.7. The third kappa shape index (κ3) is 3.99. The minimum absolute atomic E-state index is 0.0953. The van der Waals surface area contributed by atoms with E-state index in [1.165, 1.54) is 0 Å². The molecule has 4 nitrogen and oxygen atoms in total. The van der Waals surface area contributed by atoms with Gasteiger partial charge in [-0.25, -0.2) is 4.98 Å². The van der Waals surface area contributed by atoms with Crippen molar-refractivity contribution in [1.82, 2.24) is 9.88 Å². The van der Waals surface area contributed by atoms with Crippen LogP contribution in [0.1, 0.15) is 12.0 Å². The number of aromatic nitrogens is 1. The van der Waals surface area contributed by atoms with Gasteiger partial charge in [0, 0.05) is 19.1 Å². The highest BCUT2D eigenvalue weighted by molar-refractivity contribution is 6.29. The van der Waals surface area contributed by atoms with Gasteiger partial charge in [-0.15, -0.1) is 0 Å². The summed E-state index contributed by atoms with van der Waals surface area (Å²) in [4.78, 5) is 7.59. The Labute approximate surface area is 126 Å². The van der Waals surface area contributed by atoms with Gasteiger partial charge in [0.1, 0.15) is 11.0 Å². The number of aliphatic hydroxyl groups is 1. The maximum absolute atomic E-state index is 12.9. The zero-order valence-corrected chi connectivity index (χ0v) is 12.5. The monoisotopic (exact) mass is 323 g/mol. The minimum atomic E-state index is -4.48. The van der Waals surface area contributed by atoms with E-state index in [4.69, 9.17) is 11.6 Å².